The molecule has 5 N–H and O–H groups in total. The summed E-state index contributed by atoms with van der Waals surface area (Å²) in [5.41, 5.74) is 0. The summed E-state index contributed by atoms with van der Waals surface area (Å²) in [5.74, 6) is 0. The van der Waals surface area contributed by atoms with Gasteiger partial charge < -0.3 is 24.6 Å². The first kappa shape index (κ1) is 13.5. The molecule has 2 rings (SSSR count). The molecule has 0 saturated carbocycles. The molecule has 0 atom stereocenters. The molecule has 0 fully saturated rings. The van der Waals surface area contributed by atoms with Crippen LogP contribution in [0.3, 0.4) is 0 Å². The third-order valence-electron chi connectivity index (χ3n) is 0.812. The molecule has 2 aromatic rings. The van der Waals surface area contributed by atoms with E-state index in [1.54, 1.807) is 37.4 Å². The van der Waals surface area contributed by atoms with Crippen LogP contribution >= 0.6 is 7.82 Å². The minimum Gasteiger partial charge on any atom is -0.351 e. The molecule has 0 amide bonds. The molecule has 0 aromatic carbocycles. The normalized spacial score (nSPS) is 9.27. The highest BCUT2D eigenvalue weighted by atomic mass is 31.2. The van der Waals surface area contributed by atoms with E-state index in [4.69, 9.17) is 19.2 Å². The molecule has 15 heavy (non-hydrogen) atoms. The molecule has 0 aliphatic rings. The molecule has 0 bridgehead atoms. The summed E-state index contributed by atoms with van der Waals surface area (Å²) in [6, 6.07) is 0. The predicted molar refractivity (Wildman–Crippen MR) is 51.4 cm³/mol. The van der Waals surface area contributed by atoms with Crippen molar-refractivity contribution in [3.8, 4) is 0 Å². The predicted octanol–water partition coefficient (Wildman–Crippen LogP) is -0.109. The van der Waals surface area contributed by atoms with E-state index in [-0.39, 0.29) is 0 Å². The second-order valence-electron chi connectivity index (χ2n) is 2.03. The second kappa shape index (κ2) is 7.89. The maximum Gasteiger partial charge on any atom is 0.466 e. The van der Waals surface area contributed by atoms with Gasteiger partial charge in [-0.3, -0.25) is 0 Å². The Kier molecular flexibility index (Phi) is 7.12. The first-order chi connectivity index (χ1) is 7.00. The highest BCUT2D eigenvalue weighted by Crippen LogP contribution is 2.25. The smallest absolute Gasteiger partial charge is 0.351 e. The maximum atomic E-state index is 8.88. The number of imidazole rings is 2. The van der Waals surface area contributed by atoms with Gasteiger partial charge in [0, 0.05) is 24.8 Å². The lowest BCUT2D eigenvalue weighted by molar-refractivity contribution is 0.275. The molecule has 2 aromatic heterocycles. The molecule has 0 aliphatic heterocycles. The molecule has 9 heteroatoms. The van der Waals surface area contributed by atoms with Gasteiger partial charge >= 0.3 is 7.82 Å². The Morgan fingerprint density at radius 1 is 0.933 bits per heavy atom. The number of rotatable bonds is 0. The number of hydrogen-bond acceptors (Lipinski definition) is 3. The fourth-order valence-corrected chi connectivity index (χ4v) is 0.430. The number of nitrogens with zero attached hydrogens (tertiary/aromatic N) is 2. The Morgan fingerprint density at radius 3 is 1.33 bits per heavy atom. The van der Waals surface area contributed by atoms with Gasteiger partial charge in [-0.05, 0) is 0 Å². The molecule has 0 aliphatic carbocycles. The van der Waals surface area contributed by atoms with Gasteiger partial charge in [0.25, 0.3) is 0 Å². The van der Waals surface area contributed by atoms with Crippen molar-refractivity contribution in [3.05, 3.63) is 37.4 Å². The maximum absolute atomic E-state index is 8.88. The SMILES string of the molecule is O=P(O)(O)O.c1c[nH]cn1.c1c[nH]cn1. The van der Waals surface area contributed by atoms with Crippen molar-refractivity contribution in [3.63, 3.8) is 0 Å². The summed E-state index contributed by atoms with van der Waals surface area (Å²) in [6.45, 7) is 0. The van der Waals surface area contributed by atoms with Crippen molar-refractivity contribution < 1.29 is 19.2 Å². The molecular formula is C6H11N4O4P. The van der Waals surface area contributed by atoms with E-state index in [0.29, 0.717) is 0 Å². The van der Waals surface area contributed by atoms with Crippen LogP contribution in [0, 0.1) is 0 Å². The zero-order valence-corrected chi connectivity index (χ0v) is 8.45. The molecule has 0 radical (unpaired) electrons. The average molecular weight is 234 g/mol. The summed E-state index contributed by atoms with van der Waals surface area (Å²) in [4.78, 5) is 34.4. The van der Waals surface area contributed by atoms with Gasteiger partial charge in [-0.15, -0.1) is 0 Å². The first-order valence-electron chi connectivity index (χ1n) is 3.64. The van der Waals surface area contributed by atoms with Crippen molar-refractivity contribution in [1.29, 1.82) is 0 Å². The monoisotopic (exact) mass is 234 g/mol. The van der Waals surface area contributed by atoms with Crippen LogP contribution in [0.2, 0.25) is 0 Å². The Hall–Kier alpha value is -1.47. The Bertz CT molecular complexity index is 274. The third kappa shape index (κ3) is 19.1. The van der Waals surface area contributed by atoms with E-state index < -0.39 is 7.82 Å². The van der Waals surface area contributed by atoms with Crippen LogP contribution in [0.4, 0.5) is 0 Å². The van der Waals surface area contributed by atoms with Crippen molar-refractivity contribution in [2.75, 3.05) is 0 Å². The van der Waals surface area contributed by atoms with E-state index in [1.165, 1.54) is 0 Å². The fourth-order valence-electron chi connectivity index (χ4n) is 0.430. The number of phosphoric acid groups is 1. The molecule has 8 nitrogen and oxygen atoms in total. The molecule has 84 valence electrons. The number of H-pyrrole nitrogens is 2. The zero-order chi connectivity index (χ0) is 11.6. The van der Waals surface area contributed by atoms with Crippen molar-refractivity contribution in [2.45, 2.75) is 0 Å². The van der Waals surface area contributed by atoms with Crippen LogP contribution in [-0.2, 0) is 4.57 Å². The molecule has 0 unspecified atom stereocenters. The zero-order valence-electron chi connectivity index (χ0n) is 7.56. The van der Waals surface area contributed by atoms with E-state index in [9.17, 15) is 0 Å². The topological polar surface area (TPSA) is 135 Å². The molecule has 0 saturated heterocycles. The quantitative estimate of drug-likeness (QED) is 0.403. The van der Waals surface area contributed by atoms with Crippen molar-refractivity contribution in [2.24, 2.45) is 0 Å². The Labute approximate surface area is 85.3 Å². The third-order valence-corrected chi connectivity index (χ3v) is 0.812. The minimum atomic E-state index is -4.64. The van der Waals surface area contributed by atoms with Gasteiger partial charge in [0.1, 0.15) is 0 Å². The second-order valence-corrected chi connectivity index (χ2v) is 3.06. The lowest BCUT2D eigenvalue weighted by Gasteiger charge is -1.82. The largest absolute Gasteiger partial charge is 0.466 e. The number of hydrogen-bond donors (Lipinski definition) is 5. The minimum absolute atomic E-state index is 1.62. The van der Waals surface area contributed by atoms with Gasteiger partial charge in [-0.25, -0.2) is 14.5 Å². The average Bonchev–Trinajstić information content (AvgIpc) is 2.81. The van der Waals surface area contributed by atoms with Crippen LogP contribution in [0.25, 0.3) is 0 Å². The highest BCUT2D eigenvalue weighted by molar-refractivity contribution is 7.45. The van der Waals surface area contributed by atoms with E-state index in [2.05, 4.69) is 19.9 Å². The van der Waals surface area contributed by atoms with Crippen molar-refractivity contribution >= 4 is 7.82 Å². The summed E-state index contributed by atoms with van der Waals surface area (Å²) < 4.78 is 8.88. The summed E-state index contributed by atoms with van der Waals surface area (Å²) in [7, 11) is -4.64. The van der Waals surface area contributed by atoms with E-state index in [1.807, 2.05) is 0 Å². The van der Waals surface area contributed by atoms with Gasteiger partial charge in [0.2, 0.25) is 0 Å². The van der Waals surface area contributed by atoms with E-state index >= 15 is 0 Å². The summed E-state index contributed by atoms with van der Waals surface area (Å²) in [5, 5.41) is 0. The highest BCUT2D eigenvalue weighted by Gasteiger charge is 2.00. The van der Waals surface area contributed by atoms with Gasteiger partial charge in [-0.1, -0.05) is 0 Å². The van der Waals surface area contributed by atoms with Crippen LogP contribution in [-0.4, -0.2) is 34.6 Å². The summed E-state index contributed by atoms with van der Waals surface area (Å²) >= 11 is 0. The molecular weight excluding hydrogens is 223 g/mol. The number of nitrogens with one attached hydrogen (secondary N) is 2. The summed E-state index contributed by atoms with van der Waals surface area (Å²) in [6.07, 6.45) is 10.2. The fraction of sp³-hybridized carbons (Fsp3) is 0. The number of aromatic nitrogens is 4. The van der Waals surface area contributed by atoms with Crippen LogP contribution < -0.4 is 0 Å². The first-order valence-corrected chi connectivity index (χ1v) is 5.20. The standard InChI is InChI=1S/2C3H4N2.H3O4P/c2*1-2-5-3-4-1;1-5(2,3)4/h2*1-3H,(H,4,5);(H3,1,2,3,4). The van der Waals surface area contributed by atoms with Crippen molar-refractivity contribution in [1.82, 2.24) is 19.9 Å². The van der Waals surface area contributed by atoms with Crippen LogP contribution in [0.5, 0.6) is 0 Å². The van der Waals surface area contributed by atoms with E-state index in [0.717, 1.165) is 0 Å². The molecule has 0 spiro atoms. The van der Waals surface area contributed by atoms with Gasteiger partial charge in [-0.2, -0.15) is 0 Å². The lowest BCUT2D eigenvalue weighted by Crippen LogP contribution is -1.66. The Balaban J connectivity index is 0.000000196. The Morgan fingerprint density at radius 2 is 1.27 bits per heavy atom. The van der Waals surface area contributed by atoms with Crippen LogP contribution in [0.1, 0.15) is 0 Å². The van der Waals surface area contributed by atoms with Gasteiger partial charge in [0.05, 0.1) is 12.7 Å². The molecule has 2 heterocycles. The van der Waals surface area contributed by atoms with Gasteiger partial charge in [0.15, 0.2) is 0 Å². The van der Waals surface area contributed by atoms with Crippen LogP contribution in [0.15, 0.2) is 37.4 Å². The lowest BCUT2D eigenvalue weighted by atomic mass is 11.0. The number of aromatic amines is 2.